The van der Waals surface area contributed by atoms with E-state index in [1.807, 2.05) is 13.0 Å². The number of rotatable bonds is 6. The quantitative estimate of drug-likeness (QED) is 0.437. The van der Waals surface area contributed by atoms with E-state index in [0.29, 0.717) is 63.2 Å². The van der Waals surface area contributed by atoms with Crippen LogP contribution in [0.25, 0.3) is 11.1 Å². The number of aliphatic hydroxyl groups is 1. The van der Waals surface area contributed by atoms with Crippen LogP contribution in [-0.4, -0.2) is 51.9 Å². The van der Waals surface area contributed by atoms with E-state index in [1.165, 1.54) is 21.3 Å². The standard InChI is InChI=1S/C28H34O9/c1-9-14(2)27(29)37-26-17-12-18(31-5)22(32-6)25(34-8)21(17)20-16(10-15(3)28(26,4)30)11-19-23(24(20)33-7)36-13-35-19/h9,11-12,15,26,30H,10,13H2,1-8H3/t15-,26+,28+/m1/s1. The molecule has 0 fully saturated rings. The highest BCUT2D eigenvalue weighted by Gasteiger charge is 2.47. The Morgan fingerprint density at radius 1 is 1.03 bits per heavy atom. The van der Waals surface area contributed by atoms with Gasteiger partial charge in [-0.05, 0) is 50.8 Å². The zero-order chi connectivity index (χ0) is 27.1. The van der Waals surface area contributed by atoms with Gasteiger partial charge in [0.1, 0.15) is 5.60 Å². The van der Waals surface area contributed by atoms with Gasteiger partial charge in [-0.1, -0.05) is 13.0 Å². The number of hydrogen-bond acceptors (Lipinski definition) is 9. The number of ether oxygens (including phenoxy) is 7. The molecule has 37 heavy (non-hydrogen) atoms. The molecule has 0 amide bonds. The van der Waals surface area contributed by atoms with Gasteiger partial charge in [0.2, 0.25) is 18.3 Å². The molecule has 0 saturated heterocycles. The van der Waals surface area contributed by atoms with Gasteiger partial charge in [-0.15, -0.1) is 0 Å². The Morgan fingerprint density at radius 2 is 1.70 bits per heavy atom. The highest BCUT2D eigenvalue weighted by Crippen LogP contribution is 2.59. The van der Waals surface area contributed by atoms with Crippen LogP contribution in [0.4, 0.5) is 0 Å². The Balaban J connectivity index is 2.17. The fraction of sp³-hybridized carbons (Fsp3) is 0.464. The second kappa shape index (κ2) is 10.0. The van der Waals surface area contributed by atoms with E-state index < -0.39 is 17.7 Å². The Bertz CT molecular complexity index is 1250. The number of hydrogen-bond donors (Lipinski definition) is 1. The molecule has 4 rings (SSSR count). The zero-order valence-electron chi connectivity index (χ0n) is 22.5. The van der Waals surface area contributed by atoms with E-state index >= 15 is 0 Å². The van der Waals surface area contributed by atoms with Crippen molar-refractivity contribution in [1.29, 1.82) is 0 Å². The largest absolute Gasteiger partial charge is 0.493 e. The SMILES string of the molecule is CC=C(C)C(=O)O[C@H]1c2cc(OC)c(OC)c(OC)c2-c2c(cc3c(c2OC)OCO3)C[C@@H](C)[C@]1(C)O. The maximum Gasteiger partial charge on any atom is 0.334 e. The number of benzene rings is 2. The second-order valence-electron chi connectivity index (χ2n) is 9.38. The van der Waals surface area contributed by atoms with Crippen LogP contribution in [0.2, 0.25) is 0 Å². The van der Waals surface area contributed by atoms with Crippen molar-refractivity contribution < 1.29 is 43.1 Å². The van der Waals surface area contributed by atoms with Crippen LogP contribution in [0.3, 0.4) is 0 Å². The summed E-state index contributed by atoms with van der Waals surface area (Å²) in [7, 11) is 6.08. The third-order valence-corrected chi connectivity index (χ3v) is 7.33. The molecule has 9 heteroatoms. The topological polar surface area (TPSA) is 102 Å². The molecule has 0 saturated carbocycles. The van der Waals surface area contributed by atoms with Crippen LogP contribution in [0.5, 0.6) is 34.5 Å². The summed E-state index contributed by atoms with van der Waals surface area (Å²) in [6, 6.07) is 3.60. The third-order valence-electron chi connectivity index (χ3n) is 7.33. The van der Waals surface area contributed by atoms with Crippen molar-refractivity contribution in [1.82, 2.24) is 0 Å². The van der Waals surface area contributed by atoms with E-state index in [0.717, 1.165) is 5.56 Å². The smallest absolute Gasteiger partial charge is 0.334 e. The first-order valence-corrected chi connectivity index (χ1v) is 12.0. The number of methoxy groups -OCH3 is 4. The lowest BCUT2D eigenvalue weighted by Gasteiger charge is -2.41. The second-order valence-corrected chi connectivity index (χ2v) is 9.38. The lowest BCUT2D eigenvalue weighted by molar-refractivity contribution is -0.166. The van der Waals surface area contributed by atoms with Crippen LogP contribution in [0.15, 0.2) is 23.8 Å². The molecular weight excluding hydrogens is 480 g/mol. The van der Waals surface area contributed by atoms with Gasteiger partial charge >= 0.3 is 5.97 Å². The molecule has 3 atom stereocenters. The minimum Gasteiger partial charge on any atom is -0.493 e. The van der Waals surface area contributed by atoms with Gasteiger partial charge in [0.25, 0.3) is 0 Å². The van der Waals surface area contributed by atoms with Crippen molar-refractivity contribution in [2.75, 3.05) is 35.2 Å². The number of carbonyl (C=O) groups excluding carboxylic acids is 1. The van der Waals surface area contributed by atoms with Gasteiger partial charge in [0.05, 0.1) is 28.4 Å². The lowest BCUT2D eigenvalue weighted by Crippen LogP contribution is -2.44. The number of carbonyl (C=O) groups is 1. The molecule has 0 bridgehead atoms. The maximum absolute atomic E-state index is 13.0. The van der Waals surface area contributed by atoms with Crippen molar-refractivity contribution >= 4 is 5.97 Å². The number of fused-ring (bicyclic) bond motifs is 4. The Kier molecular flexibility index (Phi) is 7.19. The van der Waals surface area contributed by atoms with Gasteiger partial charge in [-0.25, -0.2) is 4.79 Å². The maximum atomic E-state index is 13.0. The molecule has 1 N–H and O–H groups in total. The molecule has 0 radical (unpaired) electrons. The molecule has 1 aliphatic carbocycles. The third kappa shape index (κ3) is 4.21. The summed E-state index contributed by atoms with van der Waals surface area (Å²) in [5.74, 6) is 1.60. The van der Waals surface area contributed by atoms with Gasteiger partial charge in [-0.3, -0.25) is 0 Å². The van der Waals surface area contributed by atoms with Gasteiger partial charge in [-0.2, -0.15) is 0 Å². The predicted octanol–water partition coefficient (Wildman–Crippen LogP) is 4.61. The van der Waals surface area contributed by atoms with E-state index in [4.69, 9.17) is 33.2 Å². The molecule has 2 aromatic carbocycles. The molecule has 0 unspecified atom stereocenters. The number of allylic oxidation sites excluding steroid dienone is 1. The summed E-state index contributed by atoms with van der Waals surface area (Å²) < 4.78 is 40.6. The molecule has 9 nitrogen and oxygen atoms in total. The number of esters is 1. The van der Waals surface area contributed by atoms with Crippen molar-refractivity contribution in [3.8, 4) is 45.6 Å². The van der Waals surface area contributed by atoms with Crippen LogP contribution < -0.4 is 28.4 Å². The van der Waals surface area contributed by atoms with Gasteiger partial charge in [0, 0.05) is 22.3 Å². The van der Waals surface area contributed by atoms with Crippen LogP contribution in [0, 0.1) is 5.92 Å². The fourth-order valence-corrected chi connectivity index (χ4v) is 4.94. The van der Waals surface area contributed by atoms with Crippen LogP contribution in [-0.2, 0) is 16.0 Å². The summed E-state index contributed by atoms with van der Waals surface area (Å²) in [5, 5.41) is 12.0. The van der Waals surface area contributed by atoms with E-state index in [2.05, 4.69) is 0 Å². The average molecular weight is 515 g/mol. The molecule has 0 aromatic heterocycles. The minimum atomic E-state index is -1.48. The van der Waals surface area contributed by atoms with Gasteiger partial charge in [0.15, 0.2) is 29.1 Å². The molecular formula is C28H34O9. The summed E-state index contributed by atoms with van der Waals surface area (Å²) >= 11 is 0. The van der Waals surface area contributed by atoms with E-state index in [1.54, 1.807) is 40.0 Å². The normalized spacial score (nSPS) is 22.2. The van der Waals surface area contributed by atoms with Crippen molar-refractivity contribution in [3.05, 3.63) is 34.9 Å². The summed E-state index contributed by atoms with van der Waals surface area (Å²) in [6.07, 6.45) is 0.998. The average Bonchev–Trinajstić information content (AvgIpc) is 3.36. The van der Waals surface area contributed by atoms with Crippen molar-refractivity contribution in [3.63, 3.8) is 0 Å². The Labute approximate surface area is 216 Å². The first-order valence-electron chi connectivity index (χ1n) is 12.0. The van der Waals surface area contributed by atoms with Crippen LogP contribution in [0.1, 0.15) is 44.9 Å². The Hall–Kier alpha value is -3.59. The molecule has 1 heterocycles. The first kappa shape index (κ1) is 26.5. The fourth-order valence-electron chi connectivity index (χ4n) is 4.94. The zero-order valence-corrected chi connectivity index (χ0v) is 22.5. The summed E-state index contributed by atoms with van der Waals surface area (Å²) in [4.78, 5) is 13.0. The molecule has 2 aliphatic rings. The highest BCUT2D eigenvalue weighted by molar-refractivity contribution is 5.90. The highest BCUT2D eigenvalue weighted by atomic mass is 16.7. The molecule has 0 spiro atoms. The molecule has 1 aliphatic heterocycles. The van der Waals surface area contributed by atoms with E-state index in [9.17, 15) is 9.90 Å². The Morgan fingerprint density at radius 3 is 2.30 bits per heavy atom. The molecule has 2 aromatic rings. The monoisotopic (exact) mass is 514 g/mol. The summed E-state index contributed by atoms with van der Waals surface area (Å²) in [6.45, 7) is 7.05. The summed E-state index contributed by atoms with van der Waals surface area (Å²) in [5.41, 5.74) is 1.46. The first-order chi connectivity index (χ1) is 17.6. The van der Waals surface area contributed by atoms with Crippen molar-refractivity contribution in [2.24, 2.45) is 5.92 Å². The van der Waals surface area contributed by atoms with Gasteiger partial charge < -0.3 is 38.3 Å². The lowest BCUT2D eigenvalue weighted by atomic mass is 9.73. The predicted molar refractivity (Wildman–Crippen MR) is 136 cm³/mol. The molecule has 200 valence electrons. The van der Waals surface area contributed by atoms with Crippen molar-refractivity contribution in [2.45, 2.75) is 45.8 Å². The van der Waals surface area contributed by atoms with E-state index in [-0.39, 0.29) is 12.7 Å². The van der Waals surface area contributed by atoms with Crippen LogP contribution >= 0.6 is 0 Å². The minimum absolute atomic E-state index is 0.0562.